The van der Waals surface area contributed by atoms with Crippen molar-refractivity contribution in [2.45, 2.75) is 6.61 Å². The summed E-state index contributed by atoms with van der Waals surface area (Å²) in [4.78, 5) is 0. The minimum absolute atomic E-state index is 0.0841. The molecule has 0 heterocycles. The van der Waals surface area contributed by atoms with Gasteiger partial charge >= 0.3 is 0 Å². The SMILES string of the molecule is NCC#Cc1ccc(O)c(CO)c1. The number of aromatic hydroxyl groups is 1. The fourth-order valence-corrected chi connectivity index (χ4v) is 0.943. The minimum atomic E-state index is -0.190. The Hall–Kier alpha value is -1.50. The molecule has 0 saturated heterocycles. The number of hydrogen-bond acceptors (Lipinski definition) is 3. The molecule has 0 aliphatic rings. The molecule has 0 saturated carbocycles. The smallest absolute Gasteiger partial charge is 0.121 e. The summed E-state index contributed by atoms with van der Waals surface area (Å²) in [5.74, 6) is 5.58. The van der Waals surface area contributed by atoms with Crippen LogP contribution in [0.25, 0.3) is 0 Å². The van der Waals surface area contributed by atoms with Crippen LogP contribution in [0.1, 0.15) is 11.1 Å². The van der Waals surface area contributed by atoms with Crippen LogP contribution in [-0.4, -0.2) is 16.8 Å². The molecule has 68 valence electrons. The van der Waals surface area contributed by atoms with Gasteiger partial charge in [0.2, 0.25) is 0 Å². The first kappa shape index (κ1) is 9.59. The van der Waals surface area contributed by atoms with Crippen molar-refractivity contribution in [3.05, 3.63) is 29.3 Å². The normalized spacial score (nSPS) is 9.08. The summed E-state index contributed by atoms with van der Waals surface area (Å²) in [5, 5.41) is 18.1. The van der Waals surface area contributed by atoms with E-state index in [0.717, 1.165) is 5.56 Å². The fraction of sp³-hybridized carbons (Fsp3) is 0.200. The van der Waals surface area contributed by atoms with Crippen LogP contribution in [0.4, 0.5) is 0 Å². The van der Waals surface area contributed by atoms with E-state index in [1.165, 1.54) is 6.07 Å². The van der Waals surface area contributed by atoms with Gasteiger partial charge in [0.05, 0.1) is 13.2 Å². The molecule has 0 aliphatic heterocycles. The zero-order valence-corrected chi connectivity index (χ0v) is 7.12. The molecule has 0 bridgehead atoms. The van der Waals surface area contributed by atoms with E-state index in [0.29, 0.717) is 12.1 Å². The first-order valence-corrected chi connectivity index (χ1v) is 3.89. The first-order chi connectivity index (χ1) is 6.27. The molecule has 4 N–H and O–H groups in total. The number of nitrogens with two attached hydrogens (primary N) is 1. The molecule has 1 rings (SSSR count). The lowest BCUT2D eigenvalue weighted by molar-refractivity contribution is 0.275. The van der Waals surface area contributed by atoms with Crippen LogP contribution >= 0.6 is 0 Å². The molecule has 3 nitrogen and oxygen atoms in total. The quantitative estimate of drug-likeness (QED) is 0.537. The van der Waals surface area contributed by atoms with Crippen molar-refractivity contribution in [2.24, 2.45) is 5.73 Å². The Labute approximate surface area is 76.8 Å². The zero-order chi connectivity index (χ0) is 9.68. The molecular weight excluding hydrogens is 166 g/mol. The van der Waals surface area contributed by atoms with Crippen molar-refractivity contribution in [3.8, 4) is 17.6 Å². The maximum atomic E-state index is 9.23. The average molecular weight is 177 g/mol. The van der Waals surface area contributed by atoms with E-state index in [9.17, 15) is 5.11 Å². The van der Waals surface area contributed by atoms with Gasteiger partial charge in [0.25, 0.3) is 0 Å². The topological polar surface area (TPSA) is 66.5 Å². The van der Waals surface area contributed by atoms with Gasteiger partial charge in [-0.05, 0) is 18.2 Å². The summed E-state index contributed by atoms with van der Waals surface area (Å²) in [6, 6.07) is 4.82. The second-order valence-electron chi connectivity index (χ2n) is 2.51. The Morgan fingerprint density at radius 1 is 1.38 bits per heavy atom. The Morgan fingerprint density at radius 3 is 2.77 bits per heavy atom. The molecule has 0 aliphatic carbocycles. The van der Waals surface area contributed by atoms with Crippen molar-refractivity contribution in [2.75, 3.05) is 6.54 Å². The molecule has 0 spiro atoms. The summed E-state index contributed by atoms with van der Waals surface area (Å²) in [6.45, 7) is 0.110. The van der Waals surface area contributed by atoms with Gasteiger partial charge in [-0.3, -0.25) is 0 Å². The van der Waals surface area contributed by atoms with Gasteiger partial charge in [-0.25, -0.2) is 0 Å². The molecule has 3 heteroatoms. The van der Waals surface area contributed by atoms with E-state index in [2.05, 4.69) is 11.8 Å². The van der Waals surface area contributed by atoms with Crippen LogP contribution in [0, 0.1) is 11.8 Å². The lowest BCUT2D eigenvalue weighted by atomic mass is 10.1. The lowest BCUT2D eigenvalue weighted by Crippen LogP contribution is -1.93. The predicted octanol–water partition coefficient (Wildman–Crippen LogP) is 0.195. The zero-order valence-electron chi connectivity index (χ0n) is 7.12. The van der Waals surface area contributed by atoms with Crippen molar-refractivity contribution in [3.63, 3.8) is 0 Å². The summed E-state index contributed by atoms with van der Waals surface area (Å²) in [7, 11) is 0. The standard InChI is InChI=1S/C10H11NO2/c11-5-1-2-8-3-4-10(13)9(6-8)7-12/h3-4,6,12-13H,5,7,11H2. The van der Waals surface area contributed by atoms with Crippen molar-refractivity contribution in [1.82, 2.24) is 0 Å². The van der Waals surface area contributed by atoms with E-state index in [-0.39, 0.29) is 12.4 Å². The number of hydrogen-bond donors (Lipinski definition) is 3. The van der Waals surface area contributed by atoms with Gasteiger partial charge < -0.3 is 15.9 Å². The van der Waals surface area contributed by atoms with Gasteiger partial charge in [-0.2, -0.15) is 0 Å². The van der Waals surface area contributed by atoms with Crippen LogP contribution < -0.4 is 5.73 Å². The van der Waals surface area contributed by atoms with E-state index >= 15 is 0 Å². The molecule has 13 heavy (non-hydrogen) atoms. The molecule has 0 aromatic heterocycles. The van der Waals surface area contributed by atoms with Crippen molar-refractivity contribution in [1.29, 1.82) is 0 Å². The van der Waals surface area contributed by atoms with Crippen LogP contribution in [-0.2, 0) is 6.61 Å². The molecule has 0 atom stereocenters. The second kappa shape index (κ2) is 4.51. The van der Waals surface area contributed by atoms with Gasteiger partial charge in [-0.1, -0.05) is 11.8 Å². The summed E-state index contributed by atoms with van der Waals surface area (Å²) in [6.07, 6.45) is 0. The summed E-state index contributed by atoms with van der Waals surface area (Å²) >= 11 is 0. The van der Waals surface area contributed by atoms with Gasteiger partial charge in [0.1, 0.15) is 5.75 Å². The Bertz CT molecular complexity index is 350. The van der Waals surface area contributed by atoms with E-state index in [1.54, 1.807) is 12.1 Å². The third-order valence-electron chi connectivity index (χ3n) is 1.58. The van der Waals surface area contributed by atoms with Gasteiger partial charge in [0, 0.05) is 11.1 Å². The third kappa shape index (κ3) is 2.48. The number of aliphatic hydroxyl groups excluding tert-OH is 1. The van der Waals surface area contributed by atoms with Crippen LogP contribution in [0.2, 0.25) is 0 Å². The largest absolute Gasteiger partial charge is 0.508 e. The van der Waals surface area contributed by atoms with E-state index < -0.39 is 0 Å². The molecule has 0 unspecified atom stereocenters. The Kier molecular flexibility index (Phi) is 3.32. The summed E-state index contributed by atoms with van der Waals surface area (Å²) in [5.41, 5.74) is 6.42. The number of phenols is 1. The molecular formula is C10H11NO2. The van der Waals surface area contributed by atoms with E-state index in [1.807, 2.05) is 0 Å². The van der Waals surface area contributed by atoms with Gasteiger partial charge in [0.15, 0.2) is 0 Å². The van der Waals surface area contributed by atoms with Crippen LogP contribution in [0.3, 0.4) is 0 Å². The molecule has 0 amide bonds. The fourth-order valence-electron chi connectivity index (χ4n) is 0.943. The third-order valence-corrected chi connectivity index (χ3v) is 1.58. The number of aliphatic hydroxyl groups is 1. The maximum Gasteiger partial charge on any atom is 0.121 e. The monoisotopic (exact) mass is 177 g/mol. The van der Waals surface area contributed by atoms with Crippen molar-refractivity contribution < 1.29 is 10.2 Å². The number of rotatable bonds is 1. The number of benzene rings is 1. The molecule has 0 radical (unpaired) electrons. The highest BCUT2D eigenvalue weighted by atomic mass is 16.3. The molecule has 1 aromatic carbocycles. The van der Waals surface area contributed by atoms with E-state index in [4.69, 9.17) is 10.8 Å². The van der Waals surface area contributed by atoms with Crippen LogP contribution in [0.5, 0.6) is 5.75 Å². The molecule has 1 aromatic rings. The highest BCUT2D eigenvalue weighted by Crippen LogP contribution is 2.17. The predicted molar refractivity (Wildman–Crippen MR) is 50.0 cm³/mol. The van der Waals surface area contributed by atoms with Gasteiger partial charge in [-0.15, -0.1) is 0 Å². The maximum absolute atomic E-state index is 9.23. The highest BCUT2D eigenvalue weighted by Gasteiger charge is 1.98. The second-order valence-corrected chi connectivity index (χ2v) is 2.51. The first-order valence-electron chi connectivity index (χ1n) is 3.89. The summed E-state index contributed by atoms with van der Waals surface area (Å²) < 4.78 is 0. The Balaban J connectivity index is 2.99. The minimum Gasteiger partial charge on any atom is -0.508 e. The van der Waals surface area contributed by atoms with Crippen LogP contribution in [0.15, 0.2) is 18.2 Å². The van der Waals surface area contributed by atoms with Crippen molar-refractivity contribution >= 4 is 0 Å². The Morgan fingerprint density at radius 2 is 2.15 bits per heavy atom. The highest BCUT2D eigenvalue weighted by molar-refractivity contribution is 5.43. The average Bonchev–Trinajstić information content (AvgIpc) is 2.16. The molecule has 0 fully saturated rings. The lowest BCUT2D eigenvalue weighted by Gasteiger charge is -2.00.